The van der Waals surface area contributed by atoms with Crippen LogP contribution in [0.4, 0.5) is 13.2 Å². The second-order valence-corrected chi connectivity index (χ2v) is 6.85. The van der Waals surface area contributed by atoms with Crippen molar-refractivity contribution in [1.29, 1.82) is 0 Å². The van der Waals surface area contributed by atoms with E-state index in [1.165, 1.54) is 12.1 Å². The van der Waals surface area contributed by atoms with E-state index in [1.807, 2.05) is 36.4 Å². The van der Waals surface area contributed by atoms with Crippen LogP contribution in [0.2, 0.25) is 0 Å². The molecule has 0 aromatic heterocycles. The number of rotatable bonds is 3. The molecule has 0 radical (unpaired) electrons. The van der Waals surface area contributed by atoms with Crippen molar-refractivity contribution in [3.63, 3.8) is 0 Å². The maximum absolute atomic E-state index is 12.6. The van der Waals surface area contributed by atoms with Crippen LogP contribution in [-0.2, 0) is 21.4 Å². The fraction of sp³-hybridized carbons (Fsp3) is 0.333. The average molecular weight is 360 g/mol. The summed E-state index contributed by atoms with van der Waals surface area (Å²) in [6, 6.07) is 15.1. The van der Waals surface area contributed by atoms with Crippen molar-refractivity contribution < 1.29 is 22.6 Å². The molecule has 3 atom stereocenters. The second kappa shape index (κ2) is 6.56. The zero-order valence-corrected chi connectivity index (χ0v) is 14.1. The lowest BCUT2D eigenvalue weighted by Gasteiger charge is -2.35. The highest BCUT2D eigenvalue weighted by molar-refractivity contribution is 5.50. The van der Waals surface area contributed by atoms with Crippen LogP contribution >= 0.6 is 0 Å². The number of fused-ring (bicyclic) bond motifs is 2. The van der Waals surface area contributed by atoms with Gasteiger partial charge < -0.3 is 9.47 Å². The molecule has 2 aliphatic rings. The molecule has 2 bridgehead atoms. The fourth-order valence-electron chi connectivity index (χ4n) is 3.69. The molecule has 2 heterocycles. The van der Waals surface area contributed by atoms with Gasteiger partial charge >= 0.3 is 6.18 Å². The van der Waals surface area contributed by atoms with Gasteiger partial charge in [0, 0.05) is 12.0 Å². The van der Waals surface area contributed by atoms with Crippen LogP contribution in [0, 0.1) is 5.92 Å². The van der Waals surface area contributed by atoms with Crippen LogP contribution in [0.15, 0.2) is 60.7 Å². The van der Waals surface area contributed by atoms with E-state index in [9.17, 15) is 13.2 Å². The van der Waals surface area contributed by atoms with E-state index in [4.69, 9.17) is 9.47 Å². The van der Waals surface area contributed by atoms with Gasteiger partial charge in [-0.05, 0) is 30.0 Å². The number of allylic oxidation sites excluding steroid dienone is 1. The highest BCUT2D eigenvalue weighted by Crippen LogP contribution is 2.46. The third kappa shape index (κ3) is 3.41. The zero-order chi connectivity index (χ0) is 18.2. The van der Waals surface area contributed by atoms with Crippen molar-refractivity contribution >= 4 is 6.08 Å². The first-order chi connectivity index (χ1) is 12.4. The van der Waals surface area contributed by atoms with E-state index in [-0.39, 0.29) is 12.0 Å². The number of hydrogen-bond donors (Lipinski definition) is 0. The predicted molar refractivity (Wildman–Crippen MR) is 92.1 cm³/mol. The Morgan fingerprint density at radius 3 is 2.42 bits per heavy atom. The fourth-order valence-corrected chi connectivity index (χ4v) is 3.69. The average Bonchev–Trinajstić information content (AvgIpc) is 2.96. The van der Waals surface area contributed by atoms with Gasteiger partial charge in [-0.25, -0.2) is 0 Å². The van der Waals surface area contributed by atoms with Crippen LogP contribution < -0.4 is 0 Å². The predicted octanol–water partition coefficient (Wildman–Crippen LogP) is 5.40. The molecule has 2 aromatic carbocycles. The van der Waals surface area contributed by atoms with Gasteiger partial charge in [0.2, 0.25) is 0 Å². The van der Waals surface area contributed by atoms with Crippen molar-refractivity contribution in [2.45, 2.75) is 30.9 Å². The van der Waals surface area contributed by atoms with Crippen molar-refractivity contribution in [1.82, 2.24) is 0 Å². The van der Waals surface area contributed by atoms with Crippen LogP contribution in [0.3, 0.4) is 0 Å². The lowest BCUT2D eigenvalue weighted by Crippen LogP contribution is -2.35. The van der Waals surface area contributed by atoms with E-state index in [2.05, 4.69) is 6.08 Å². The molecule has 2 saturated heterocycles. The number of halogens is 3. The first-order valence-corrected chi connectivity index (χ1v) is 8.67. The molecule has 0 amide bonds. The minimum absolute atomic E-state index is 0.0474. The third-order valence-electron chi connectivity index (χ3n) is 4.97. The molecule has 4 rings (SSSR count). The molecular formula is C21H19F3O2. The molecule has 0 saturated carbocycles. The van der Waals surface area contributed by atoms with Gasteiger partial charge in [-0.2, -0.15) is 13.2 Å². The lowest BCUT2D eigenvalue weighted by atomic mass is 9.87. The van der Waals surface area contributed by atoms with Gasteiger partial charge in [-0.1, -0.05) is 54.6 Å². The van der Waals surface area contributed by atoms with E-state index in [0.29, 0.717) is 13.0 Å². The van der Waals surface area contributed by atoms with Gasteiger partial charge in [0.15, 0.2) is 5.79 Å². The zero-order valence-electron chi connectivity index (χ0n) is 14.1. The van der Waals surface area contributed by atoms with E-state index in [0.717, 1.165) is 29.7 Å². The maximum Gasteiger partial charge on any atom is 0.416 e. The number of ether oxygens (including phenoxy) is 2. The summed E-state index contributed by atoms with van der Waals surface area (Å²) in [6.45, 7) is 0.569. The molecular weight excluding hydrogens is 341 g/mol. The first kappa shape index (κ1) is 17.3. The Morgan fingerprint density at radius 2 is 1.73 bits per heavy atom. The van der Waals surface area contributed by atoms with Crippen LogP contribution in [0.1, 0.15) is 29.5 Å². The SMILES string of the molecule is FC(F)(F)c1ccc(/C=C/[C@H]2C[C@H]3CO[C@@](c4ccccc4)(C2)O3)cc1. The summed E-state index contributed by atoms with van der Waals surface area (Å²) >= 11 is 0. The number of hydrogen-bond acceptors (Lipinski definition) is 2. The van der Waals surface area contributed by atoms with Gasteiger partial charge in [-0.3, -0.25) is 0 Å². The molecule has 2 nitrogen and oxygen atoms in total. The summed E-state index contributed by atoms with van der Waals surface area (Å²) in [5.41, 5.74) is 1.14. The topological polar surface area (TPSA) is 18.5 Å². The van der Waals surface area contributed by atoms with Crippen LogP contribution in [0.25, 0.3) is 6.08 Å². The summed E-state index contributed by atoms with van der Waals surface area (Å²) < 4.78 is 50.1. The molecule has 0 spiro atoms. The molecule has 136 valence electrons. The van der Waals surface area contributed by atoms with Gasteiger partial charge in [0.05, 0.1) is 18.3 Å². The Balaban J connectivity index is 1.50. The summed E-state index contributed by atoms with van der Waals surface area (Å²) in [7, 11) is 0. The lowest BCUT2D eigenvalue weighted by molar-refractivity contribution is -0.205. The standard InChI is InChI=1S/C21H19F3O2/c22-21(23,24)18-10-8-15(9-11-18)6-7-16-12-19-14-25-20(13-16,26-19)17-4-2-1-3-5-17/h1-11,16,19H,12-14H2/b7-6+/t16-,19-,20-/m0/s1. The Bertz CT molecular complexity index is 783. The summed E-state index contributed by atoms with van der Waals surface area (Å²) in [6.07, 6.45) is 1.24. The summed E-state index contributed by atoms with van der Waals surface area (Å²) in [4.78, 5) is 0. The molecule has 5 heteroatoms. The Kier molecular flexibility index (Phi) is 4.37. The van der Waals surface area contributed by atoms with Crippen molar-refractivity contribution in [2.24, 2.45) is 5.92 Å². The second-order valence-electron chi connectivity index (χ2n) is 6.85. The van der Waals surface area contributed by atoms with Gasteiger partial charge in [0.1, 0.15) is 0 Å². The Labute approximate surface area is 150 Å². The smallest absolute Gasteiger partial charge is 0.343 e. The largest absolute Gasteiger partial charge is 0.416 e. The van der Waals surface area contributed by atoms with Crippen LogP contribution in [0.5, 0.6) is 0 Å². The highest BCUT2D eigenvalue weighted by Gasteiger charge is 2.48. The molecule has 0 aliphatic carbocycles. The molecule has 2 fully saturated rings. The van der Waals surface area contributed by atoms with E-state index >= 15 is 0 Å². The minimum Gasteiger partial charge on any atom is -0.343 e. The van der Waals surface area contributed by atoms with E-state index in [1.54, 1.807) is 0 Å². The van der Waals surface area contributed by atoms with Gasteiger partial charge in [0.25, 0.3) is 0 Å². The van der Waals surface area contributed by atoms with Crippen molar-refractivity contribution in [3.05, 3.63) is 77.4 Å². The summed E-state index contributed by atoms with van der Waals surface area (Å²) in [5.74, 6) is -0.460. The Hall–Kier alpha value is -2.11. The number of alkyl halides is 3. The van der Waals surface area contributed by atoms with E-state index < -0.39 is 17.5 Å². The monoisotopic (exact) mass is 360 g/mol. The quantitative estimate of drug-likeness (QED) is 0.730. The maximum atomic E-state index is 12.6. The normalized spacial score (nSPS) is 28.6. The van der Waals surface area contributed by atoms with Crippen molar-refractivity contribution in [2.75, 3.05) is 6.61 Å². The first-order valence-electron chi connectivity index (χ1n) is 8.67. The van der Waals surface area contributed by atoms with Crippen molar-refractivity contribution in [3.8, 4) is 0 Å². The Morgan fingerprint density at radius 1 is 1.00 bits per heavy atom. The number of benzene rings is 2. The molecule has 0 unspecified atom stereocenters. The molecule has 2 aromatic rings. The third-order valence-corrected chi connectivity index (χ3v) is 4.97. The molecule has 2 aliphatic heterocycles. The minimum atomic E-state index is -4.30. The van der Waals surface area contributed by atoms with Gasteiger partial charge in [-0.15, -0.1) is 0 Å². The molecule has 0 N–H and O–H groups in total. The summed E-state index contributed by atoms with van der Waals surface area (Å²) in [5, 5.41) is 0. The highest BCUT2D eigenvalue weighted by atomic mass is 19.4. The van der Waals surface area contributed by atoms with Crippen LogP contribution in [-0.4, -0.2) is 12.7 Å². The molecule has 26 heavy (non-hydrogen) atoms.